The van der Waals surface area contributed by atoms with Gasteiger partial charge in [-0.2, -0.15) is 8.78 Å². The van der Waals surface area contributed by atoms with Crippen LogP contribution in [0.4, 0.5) is 8.78 Å². The molecule has 1 aliphatic heterocycles. The van der Waals surface area contributed by atoms with Gasteiger partial charge in [0.1, 0.15) is 5.75 Å². The van der Waals surface area contributed by atoms with Gasteiger partial charge in [-0.25, -0.2) is 0 Å². The van der Waals surface area contributed by atoms with Gasteiger partial charge in [-0.15, -0.1) is 0 Å². The Morgan fingerprint density at radius 2 is 1.68 bits per heavy atom. The molecule has 1 fully saturated rings. The fraction of sp³-hybridized carbons (Fsp3) is 0.318. The second-order valence-corrected chi connectivity index (χ2v) is 6.87. The van der Waals surface area contributed by atoms with E-state index in [9.17, 15) is 13.6 Å². The van der Waals surface area contributed by atoms with E-state index in [-0.39, 0.29) is 11.7 Å². The lowest BCUT2D eigenvalue weighted by molar-refractivity contribution is -0.127. The van der Waals surface area contributed by atoms with Crippen molar-refractivity contribution in [3.05, 3.63) is 71.3 Å². The van der Waals surface area contributed by atoms with Gasteiger partial charge < -0.3 is 9.64 Å². The molecule has 148 valence electrons. The van der Waals surface area contributed by atoms with Crippen LogP contribution >= 0.6 is 0 Å². The summed E-state index contributed by atoms with van der Waals surface area (Å²) in [4.78, 5) is 16.6. The molecule has 2 aromatic rings. The lowest BCUT2D eigenvalue weighted by atomic mass is 10.1. The van der Waals surface area contributed by atoms with E-state index >= 15 is 0 Å². The maximum atomic E-state index is 12.4. The molecule has 4 nitrogen and oxygen atoms in total. The van der Waals surface area contributed by atoms with Crippen LogP contribution in [0, 0.1) is 6.92 Å². The smallest absolute Gasteiger partial charge is 0.387 e. The third-order valence-corrected chi connectivity index (χ3v) is 4.73. The van der Waals surface area contributed by atoms with Gasteiger partial charge in [-0.3, -0.25) is 9.69 Å². The number of aryl methyl sites for hydroxylation is 1. The number of halogens is 2. The quantitative estimate of drug-likeness (QED) is 0.705. The highest BCUT2D eigenvalue weighted by Gasteiger charge is 2.19. The van der Waals surface area contributed by atoms with Gasteiger partial charge in [0, 0.05) is 38.8 Å². The van der Waals surface area contributed by atoms with Crippen molar-refractivity contribution in [3.63, 3.8) is 0 Å². The SMILES string of the molecule is Cc1ccc(CN2CCN(C(=O)/C=C\c3ccc(OC(F)F)cc3)CC2)cc1. The molecule has 6 heteroatoms. The van der Waals surface area contributed by atoms with Gasteiger partial charge in [0.2, 0.25) is 5.91 Å². The van der Waals surface area contributed by atoms with Gasteiger partial charge in [0.25, 0.3) is 0 Å². The van der Waals surface area contributed by atoms with Crippen LogP contribution in [0.1, 0.15) is 16.7 Å². The fourth-order valence-corrected chi connectivity index (χ4v) is 3.11. The van der Waals surface area contributed by atoms with Crippen LogP contribution in [0.15, 0.2) is 54.6 Å². The van der Waals surface area contributed by atoms with Crippen molar-refractivity contribution in [2.45, 2.75) is 20.1 Å². The zero-order valence-corrected chi connectivity index (χ0v) is 15.9. The highest BCUT2D eigenvalue weighted by Crippen LogP contribution is 2.16. The molecule has 1 heterocycles. The highest BCUT2D eigenvalue weighted by molar-refractivity contribution is 5.91. The predicted molar refractivity (Wildman–Crippen MR) is 105 cm³/mol. The van der Waals surface area contributed by atoms with Gasteiger partial charge in [0.05, 0.1) is 0 Å². The molecule has 28 heavy (non-hydrogen) atoms. The average Bonchev–Trinajstić information content (AvgIpc) is 2.69. The molecule has 3 rings (SSSR count). The van der Waals surface area contributed by atoms with Crippen LogP contribution in [0.25, 0.3) is 6.08 Å². The monoisotopic (exact) mass is 386 g/mol. The van der Waals surface area contributed by atoms with Crippen molar-refractivity contribution >= 4 is 12.0 Å². The lowest BCUT2D eigenvalue weighted by Gasteiger charge is -2.34. The van der Waals surface area contributed by atoms with Crippen LogP contribution in [0.3, 0.4) is 0 Å². The average molecular weight is 386 g/mol. The summed E-state index contributed by atoms with van der Waals surface area (Å²) in [6, 6.07) is 14.7. The number of ether oxygens (including phenoxy) is 1. The van der Waals surface area contributed by atoms with Crippen molar-refractivity contribution in [2.75, 3.05) is 26.2 Å². The van der Waals surface area contributed by atoms with E-state index in [4.69, 9.17) is 0 Å². The Morgan fingerprint density at radius 3 is 2.29 bits per heavy atom. The molecule has 0 spiro atoms. The van der Waals surface area contributed by atoms with E-state index in [0.29, 0.717) is 13.1 Å². The van der Waals surface area contributed by atoms with E-state index in [1.165, 1.54) is 29.3 Å². The first-order valence-corrected chi connectivity index (χ1v) is 9.29. The van der Waals surface area contributed by atoms with E-state index in [1.807, 2.05) is 4.90 Å². The Bertz CT molecular complexity index is 796. The number of hydrogen-bond donors (Lipinski definition) is 0. The van der Waals surface area contributed by atoms with Crippen molar-refractivity contribution in [1.82, 2.24) is 9.80 Å². The standard InChI is InChI=1S/C22H24F2N2O2/c1-17-2-4-19(5-3-17)16-25-12-14-26(15-13-25)21(27)11-8-18-6-9-20(10-7-18)28-22(23)24/h2-11,22H,12-16H2,1H3/b11-8-. The minimum atomic E-state index is -2.84. The second kappa shape index (κ2) is 9.46. The molecule has 1 amide bonds. The summed E-state index contributed by atoms with van der Waals surface area (Å²) in [5.74, 6) is 0.0612. The Morgan fingerprint density at radius 1 is 1.04 bits per heavy atom. The third kappa shape index (κ3) is 5.89. The summed E-state index contributed by atoms with van der Waals surface area (Å²) in [6.45, 7) is 3.19. The Balaban J connectivity index is 1.46. The summed E-state index contributed by atoms with van der Waals surface area (Å²) in [5, 5.41) is 0. The molecular formula is C22H24F2N2O2. The van der Waals surface area contributed by atoms with Gasteiger partial charge in [-0.05, 0) is 36.3 Å². The molecule has 0 aromatic heterocycles. The number of alkyl halides is 2. The molecular weight excluding hydrogens is 362 g/mol. The molecule has 0 N–H and O–H groups in total. The number of hydrogen-bond acceptors (Lipinski definition) is 3. The molecule has 0 aliphatic carbocycles. The normalized spacial score (nSPS) is 15.4. The molecule has 0 bridgehead atoms. The largest absolute Gasteiger partial charge is 0.435 e. The van der Waals surface area contributed by atoms with Crippen molar-refractivity contribution in [3.8, 4) is 5.75 Å². The van der Waals surface area contributed by atoms with Crippen LogP contribution in [0.5, 0.6) is 5.75 Å². The molecule has 0 unspecified atom stereocenters. The number of amides is 1. The number of piperazine rings is 1. The van der Waals surface area contributed by atoms with Gasteiger partial charge in [0.15, 0.2) is 0 Å². The minimum Gasteiger partial charge on any atom is -0.435 e. The highest BCUT2D eigenvalue weighted by atomic mass is 19.3. The number of carbonyl (C=O) groups excluding carboxylic acids is 1. The summed E-state index contributed by atoms with van der Waals surface area (Å²) < 4.78 is 28.6. The van der Waals surface area contributed by atoms with E-state index in [1.54, 1.807) is 18.2 Å². The second-order valence-electron chi connectivity index (χ2n) is 6.87. The first-order chi connectivity index (χ1) is 13.5. The van der Waals surface area contributed by atoms with Gasteiger partial charge >= 0.3 is 6.61 Å². The minimum absolute atomic E-state index is 0.0390. The maximum Gasteiger partial charge on any atom is 0.387 e. The van der Waals surface area contributed by atoms with E-state index in [2.05, 4.69) is 40.8 Å². The van der Waals surface area contributed by atoms with Crippen molar-refractivity contribution in [2.24, 2.45) is 0 Å². The molecule has 0 atom stereocenters. The van der Waals surface area contributed by atoms with Crippen molar-refractivity contribution in [1.29, 1.82) is 0 Å². The van der Waals surface area contributed by atoms with E-state index < -0.39 is 6.61 Å². The number of benzene rings is 2. The molecule has 2 aromatic carbocycles. The van der Waals surface area contributed by atoms with Gasteiger partial charge in [-0.1, -0.05) is 42.0 Å². The molecule has 0 radical (unpaired) electrons. The number of nitrogens with zero attached hydrogens (tertiary/aromatic N) is 2. The number of carbonyl (C=O) groups is 1. The Hall–Kier alpha value is -2.73. The number of rotatable bonds is 6. The van der Waals surface area contributed by atoms with E-state index in [0.717, 1.165) is 25.2 Å². The fourth-order valence-electron chi connectivity index (χ4n) is 3.11. The topological polar surface area (TPSA) is 32.8 Å². The molecule has 0 saturated carbocycles. The zero-order valence-electron chi connectivity index (χ0n) is 15.9. The Kier molecular flexibility index (Phi) is 6.76. The van der Waals surface area contributed by atoms with Crippen LogP contribution < -0.4 is 4.74 Å². The lowest BCUT2D eigenvalue weighted by Crippen LogP contribution is -2.47. The third-order valence-electron chi connectivity index (χ3n) is 4.73. The molecule has 1 saturated heterocycles. The van der Waals surface area contributed by atoms with Crippen molar-refractivity contribution < 1.29 is 18.3 Å². The summed E-state index contributed by atoms with van der Waals surface area (Å²) in [5.41, 5.74) is 3.29. The van der Waals surface area contributed by atoms with Crippen LogP contribution in [-0.2, 0) is 11.3 Å². The summed E-state index contributed by atoms with van der Waals surface area (Å²) >= 11 is 0. The summed E-state index contributed by atoms with van der Waals surface area (Å²) in [6.07, 6.45) is 3.21. The van der Waals surface area contributed by atoms with Crippen LogP contribution in [-0.4, -0.2) is 48.5 Å². The summed E-state index contributed by atoms with van der Waals surface area (Å²) in [7, 11) is 0. The van der Waals surface area contributed by atoms with Crippen LogP contribution in [0.2, 0.25) is 0 Å². The first-order valence-electron chi connectivity index (χ1n) is 9.29. The Labute approximate surface area is 164 Å². The first kappa shape index (κ1) is 20.0. The maximum absolute atomic E-state index is 12.4. The predicted octanol–water partition coefficient (Wildman–Crippen LogP) is 3.95. The molecule has 1 aliphatic rings. The zero-order chi connectivity index (χ0) is 19.9.